The molecule has 0 spiro atoms. The van der Waals surface area contributed by atoms with E-state index in [1.54, 1.807) is 0 Å². The highest BCUT2D eigenvalue weighted by Gasteiger charge is 2.64. The van der Waals surface area contributed by atoms with Crippen LogP contribution in [0.4, 0.5) is 26.3 Å². The molecule has 0 aromatic rings. The minimum Gasteiger partial charge on any atom is -0.218 e. The summed E-state index contributed by atoms with van der Waals surface area (Å²) in [5.74, 6) is -1.86. The molecular weight excluding hydrogens is 326 g/mol. The summed E-state index contributed by atoms with van der Waals surface area (Å²) >= 11 is 0. The predicted molar refractivity (Wildman–Crippen MR) is 53.2 cm³/mol. The Hall–Kier alpha value is -0.520. The largest absolute Gasteiger partial charge is 0.498 e. The average molecular weight is 336 g/mol. The predicted octanol–water partition coefficient (Wildman–Crippen LogP) is 2.23. The minimum absolute atomic E-state index is 0.491. The summed E-state index contributed by atoms with van der Waals surface area (Å²) < 4.78 is 114. The third-order valence-electron chi connectivity index (χ3n) is 2.37. The average Bonchev–Trinajstić information content (AvgIpc) is 2.12. The van der Waals surface area contributed by atoms with E-state index in [-0.39, 0.29) is 0 Å². The molecule has 0 saturated heterocycles. The quantitative estimate of drug-likeness (QED) is 0.738. The van der Waals surface area contributed by atoms with Crippen molar-refractivity contribution in [3.63, 3.8) is 0 Å². The number of halogens is 6. The fourth-order valence-electron chi connectivity index (χ4n) is 1.23. The molecule has 0 amide bonds. The lowest BCUT2D eigenvalue weighted by molar-refractivity contribution is -0.0478. The number of alkyl halides is 6. The van der Waals surface area contributed by atoms with E-state index in [1.165, 1.54) is 0 Å². The Bertz CT molecular complexity index is 471. The summed E-state index contributed by atoms with van der Waals surface area (Å²) in [6, 6.07) is 0. The molecule has 0 heterocycles. The molecule has 4 nitrogen and oxygen atoms in total. The highest BCUT2D eigenvalue weighted by molar-refractivity contribution is 8.09. The van der Waals surface area contributed by atoms with E-state index >= 15 is 0 Å². The Morgan fingerprint density at radius 1 is 0.842 bits per heavy atom. The zero-order valence-electron chi connectivity index (χ0n) is 9.58. The SMILES string of the molecule is CCC(C)C(S(=O)(=O)C(F)(F)F)S(=O)(=O)C(F)(F)F. The van der Waals surface area contributed by atoms with E-state index in [4.69, 9.17) is 0 Å². The van der Waals surface area contributed by atoms with Gasteiger partial charge in [0.1, 0.15) is 0 Å². The first kappa shape index (κ1) is 18.5. The van der Waals surface area contributed by atoms with Gasteiger partial charge in [0.05, 0.1) is 0 Å². The van der Waals surface area contributed by atoms with Crippen molar-refractivity contribution in [1.82, 2.24) is 0 Å². The Kier molecular flexibility index (Phi) is 4.97. The monoisotopic (exact) mass is 336 g/mol. The van der Waals surface area contributed by atoms with Crippen LogP contribution >= 0.6 is 0 Å². The fourth-order valence-corrected chi connectivity index (χ4v) is 5.36. The van der Waals surface area contributed by atoms with Gasteiger partial charge in [0.25, 0.3) is 19.7 Å². The lowest BCUT2D eigenvalue weighted by atomic mass is 10.2. The van der Waals surface area contributed by atoms with Crippen LogP contribution in [0.5, 0.6) is 0 Å². The first-order valence-corrected chi connectivity index (χ1v) is 7.80. The van der Waals surface area contributed by atoms with Gasteiger partial charge in [-0.15, -0.1) is 0 Å². The Balaban J connectivity index is 6.22. The summed E-state index contributed by atoms with van der Waals surface area (Å²) in [5.41, 5.74) is -12.2. The number of rotatable bonds is 4. The zero-order valence-corrected chi connectivity index (χ0v) is 11.2. The molecule has 0 bridgehead atoms. The van der Waals surface area contributed by atoms with Gasteiger partial charge in [-0.1, -0.05) is 20.3 Å². The van der Waals surface area contributed by atoms with Crippen LogP contribution in [-0.4, -0.2) is 32.4 Å². The second kappa shape index (κ2) is 5.11. The van der Waals surface area contributed by atoms with Crippen molar-refractivity contribution in [3.8, 4) is 0 Å². The first-order chi connectivity index (χ1) is 8.10. The van der Waals surface area contributed by atoms with Gasteiger partial charge in [0.2, 0.25) is 0 Å². The van der Waals surface area contributed by atoms with Gasteiger partial charge in [0.15, 0.2) is 4.58 Å². The number of hydrogen-bond acceptors (Lipinski definition) is 4. The van der Waals surface area contributed by atoms with Crippen molar-refractivity contribution in [2.45, 2.75) is 35.9 Å². The van der Waals surface area contributed by atoms with Crippen LogP contribution in [0, 0.1) is 5.92 Å². The summed E-state index contributed by atoms with van der Waals surface area (Å²) in [7, 11) is -13.0. The van der Waals surface area contributed by atoms with Crippen LogP contribution in [0.3, 0.4) is 0 Å². The van der Waals surface area contributed by atoms with Crippen LogP contribution in [0.15, 0.2) is 0 Å². The van der Waals surface area contributed by atoms with E-state index in [0.717, 1.165) is 6.92 Å². The number of sulfone groups is 2. The molecule has 0 radical (unpaired) electrons. The molecule has 12 heteroatoms. The Morgan fingerprint density at radius 3 is 1.26 bits per heavy atom. The first-order valence-electron chi connectivity index (χ1n) is 4.71. The van der Waals surface area contributed by atoms with Gasteiger partial charge in [-0.3, -0.25) is 0 Å². The summed E-state index contributed by atoms with van der Waals surface area (Å²) in [6.45, 7) is 1.77. The molecular formula is C7H10F6O4S2. The van der Waals surface area contributed by atoms with Crippen molar-refractivity contribution in [2.75, 3.05) is 0 Å². The van der Waals surface area contributed by atoms with Crippen molar-refractivity contribution < 1.29 is 43.2 Å². The normalized spacial score (nSPS) is 16.7. The fraction of sp³-hybridized carbons (Fsp3) is 1.00. The molecule has 0 aromatic carbocycles. The molecule has 1 atom stereocenters. The van der Waals surface area contributed by atoms with Gasteiger partial charge < -0.3 is 0 Å². The summed E-state index contributed by atoms with van der Waals surface area (Å²) in [6.07, 6.45) is -0.491. The maximum absolute atomic E-state index is 12.3. The lowest BCUT2D eigenvalue weighted by Gasteiger charge is -2.24. The molecule has 0 aromatic heterocycles. The molecule has 0 N–H and O–H groups in total. The highest BCUT2D eigenvalue weighted by atomic mass is 32.3. The Morgan fingerprint density at radius 2 is 1.11 bits per heavy atom. The minimum atomic E-state index is -6.50. The second-order valence-electron chi connectivity index (χ2n) is 3.74. The maximum Gasteiger partial charge on any atom is 0.498 e. The van der Waals surface area contributed by atoms with Crippen LogP contribution < -0.4 is 0 Å². The number of hydrogen-bond donors (Lipinski definition) is 0. The van der Waals surface area contributed by atoms with E-state index in [1.807, 2.05) is 0 Å². The lowest BCUT2D eigenvalue weighted by Crippen LogP contribution is -2.48. The molecule has 19 heavy (non-hydrogen) atoms. The van der Waals surface area contributed by atoms with Gasteiger partial charge in [-0.05, 0) is 5.92 Å². The molecule has 0 aliphatic carbocycles. The third kappa shape index (κ3) is 3.33. The van der Waals surface area contributed by atoms with E-state index in [9.17, 15) is 43.2 Å². The standard InChI is InChI=1S/C7H10F6O4S2/c1-3-4(2)5(18(14,15)6(8,9)10)19(16,17)7(11,12)13/h4-5H,3H2,1-2H3. The van der Waals surface area contributed by atoms with Crippen LogP contribution in [0.2, 0.25) is 0 Å². The van der Waals surface area contributed by atoms with Crippen LogP contribution in [0.1, 0.15) is 20.3 Å². The van der Waals surface area contributed by atoms with Crippen LogP contribution in [-0.2, 0) is 19.7 Å². The highest BCUT2D eigenvalue weighted by Crippen LogP contribution is 2.39. The zero-order chi connectivity index (χ0) is 15.9. The van der Waals surface area contributed by atoms with Crippen LogP contribution in [0.25, 0.3) is 0 Å². The van der Waals surface area contributed by atoms with E-state index in [2.05, 4.69) is 0 Å². The molecule has 0 saturated carbocycles. The van der Waals surface area contributed by atoms with Crippen molar-refractivity contribution in [2.24, 2.45) is 5.92 Å². The van der Waals surface area contributed by atoms with Gasteiger partial charge in [-0.2, -0.15) is 26.3 Å². The van der Waals surface area contributed by atoms with E-state index in [0.29, 0.717) is 6.92 Å². The van der Waals surface area contributed by atoms with Gasteiger partial charge >= 0.3 is 11.0 Å². The molecule has 0 rings (SSSR count). The summed E-state index contributed by atoms with van der Waals surface area (Å²) in [4.78, 5) is 0. The van der Waals surface area contributed by atoms with Crippen molar-refractivity contribution >= 4 is 19.7 Å². The molecule has 1 unspecified atom stereocenters. The molecule has 0 fully saturated rings. The molecule has 0 aliphatic rings. The summed E-state index contributed by atoms with van der Waals surface area (Å²) in [5, 5.41) is 0. The van der Waals surface area contributed by atoms with E-state index < -0.39 is 47.6 Å². The van der Waals surface area contributed by atoms with Crippen molar-refractivity contribution in [1.29, 1.82) is 0 Å². The van der Waals surface area contributed by atoms with Gasteiger partial charge in [-0.25, -0.2) is 16.8 Å². The smallest absolute Gasteiger partial charge is 0.218 e. The molecule has 116 valence electrons. The van der Waals surface area contributed by atoms with Gasteiger partial charge in [0, 0.05) is 0 Å². The third-order valence-corrected chi connectivity index (χ3v) is 7.33. The molecule has 0 aliphatic heterocycles. The second-order valence-corrected chi connectivity index (χ2v) is 8.16. The Labute approximate surface area is 105 Å². The van der Waals surface area contributed by atoms with Crippen molar-refractivity contribution in [3.05, 3.63) is 0 Å². The topological polar surface area (TPSA) is 68.3 Å². The maximum atomic E-state index is 12.3.